The zero-order chi connectivity index (χ0) is 10.8. The molecule has 0 aliphatic heterocycles. The molecule has 0 aliphatic carbocycles. The van der Waals surface area contributed by atoms with Gasteiger partial charge in [-0.05, 0) is 6.92 Å². The van der Waals surface area contributed by atoms with Crippen molar-refractivity contribution in [3.8, 4) is 11.4 Å². The van der Waals surface area contributed by atoms with Gasteiger partial charge in [-0.15, -0.1) is 0 Å². The van der Waals surface area contributed by atoms with Gasteiger partial charge in [0.2, 0.25) is 0 Å². The molecule has 0 aliphatic rings. The van der Waals surface area contributed by atoms with Crippen LogP contribution < -0.4 is 5.69 Å². The Morgan fingerprint density at radius 2 is 1.93 bits per heavy atom. The highest BCUT2D eigenvalue weighted by Crippen LogP contribution is 2.13. The fourth-order valence-electron chi connectivity index (χ4n) is 1.27. The van der Waals surface area contributed by atoms with Crippen LogP contribution in [-0.4, -0.2) is 21.0 Å². The summed E-state index contributed by atoms with van der Waals surface area (Å²) < 4.78 is 0. The van der Waals surface area contributed by atoms with Crippen molar-refractivity contribution in [3.05, 3.63) is 40.3 Å². The van der Waals surface area contributed by atoms with Crippen LogP contribution in [0.3, 0.4) is 0 Å². The monoisotopic (exact) mass is 203 g/mol. The number of aromatic amines is 2. The van der Waals surface area contributed by atoms with Gasteiger partial charge in [0.25, 0.3) is 0 Å². The molecule has 0 amide bonds. The van der Waals surface area contributed by atoms with Crippen LogP contribution in [0, 0.1) is 0 Å². The quantitative estimate of drug-likeness (QED) is 0.714. The van der Waals surface area contributed by atoms with E-state index >= 15 is 0 Å². The Morgan fingerprint density at radius 1 is 1.27 bits per heavy atom. The van der Waals surface area contributed by atoms with Gasteiger partial charge in [-0.2, -0.15) is 5.10 Å². The number of carbonyl (C=O) groups is 1. The molecule has 5 heteroatoms. The van der Waals surface area contributed by atoms with E-state index in [0.29, 0.717) is 11.4 Å². The second-order valence-electron chi connectivity index (χ2n) is 3.16. The van der Waals surface area contributed by atoms with E-state index in [2.05, 4.69) is 15.2 Å². The molecule has 1 aromatic carbocycles. The molecule has 0 unspecified atom stereocenters. The summed E-state index contributed by atoms with van der Waals surface area (Å²) in [6.07, 6.45) is 0. The highest BCUT2D eigenvalue weighted by Gasteiger charge is 2.03. The third-order valence-electron chi connectivity index (χ3n) is 2.07. The van der Waals surface area contributed by atoms with E-state index in [4.69, 9.17) is 0 Å². The molecule has 1 aromatic heterocycles. The molecule has 0 bridgehead atoms. The number of rotatable bonds is 2. The number of hydrogen-bond acceptors (Lipinski definition) is 3. The minimum absolute atomic E-state index is 0.0112. The van der Waals surface area contributed by atoms with E-state index in [9.17, 15) is 9.59 Å². The molecule has 1 heterocycles. The summed E-state index contributed by atoms with van der Waals surface area (Å²) in [4.78, 5) is 24.4. The van der Waals surface area contributed by atoms with Crippen molar-refractivity contribution in [1.29, 1.82) is 0 Å². The number of nitrogens with one attached hydrogen (secondary N) is 2. The van der Waals surface area contributed by atoms with Gasteiger partial charge < -0.3 is 0 Å². The maximum absolute atomic E-state index is 11.0. The Hall–Kier alpha value is -2.17. The second kappa shape index (κ2) is 3.53. The number of hydrogen-bond donors (Lipinski definition) is 2. The van der Waals surface area contributed by atoms with Crippen LogP contribution in [0.5, 0.6) is 0 Å². The van der Waals surface area contributed by atoms with E-state index in [-0.39, 0.29) is 11.5 Å². The molecule has 0 atom stereocenters. The molecule has 0 fully saturated rings. The second-order valence-corrected chi connectivity index (χ2v) is 3.16. The summed E-state index contributed by atoms with van der Waals surface area (Å²) in [5.41, 5.74) is 1.05. The lowest BCUT2D eigenvalue weighted by Crippen LogP contribution is -2.00. The number of Topliss-reactive ketones (excluding diaryl/α,β-unsaturated/α-hetero) is 1. The molecule has 0 spiro atoms. The Morgan fingerprint density at radius 3 is 2.40 bits per heavy atom. The molecule has 0 radical (unpaired) electrons. The van der Waals surface area contributed by atoms with Gasteiger partial charge in [0.1, 0.15) is 0 Å². The van der Waals surface area contributed by atoms with Crippen molar-refractivity contribution in [2.24, 2.45) is 0 Å². The molecular formula is C10H9N3O2. The van der Waals surface area contributed by atoms with Crippen molar-refractivity contribution in [1.82, 2.24) is 15.2 Å². The average molecular weight is 203 g/mol. The molecule has 2 N–H and O–H groups in total. The lowest BCUT2D eigenvalue weighted by Gasteiger charge is -1.97. The summed E-state index contributed by atoms with van der Waals surface area (Å²) in [6, 6.07) is 6.88. The first kappa shape index (κ1) is 9.39. The summed E-state index contributed by atoms with van der Waals surface area (Å²) in [5.74, 6) is 0.479. The first-order valence-electron chi connectivity index (χ1n) is 4.43. The van der Waals surface area contributed by atoms with Gasteiger partial charge in [0.15, 0.2) is 11.6 Å². The molecule has 0 saturated heterocycles. The van der Waals surface area contributed by atoms with Gasteiger partial charge in [0, 0.05) is 11.1 Å². The zero-order valence-corrected chi connectivity index (χ0v) is 8.07. The number of carbonyl (C=O) groups excluding carboxylic acids is 1. The predicted octanol–water partition coefficient (Wildman–Crippen LogP) is 0.968. The molecule has 2 rings (SSSR count). The number of ketones is 1. The first-order valence-corrected chi connectivity index (χ1v) is 4.43. The lowest BCUT2D eigenvalue weighted by atomic mass is 10.1. The van der Waals surface area contributed by atoms with Gasteiger partial charge in [-0.25, -0.2) is 9.89 Å². The average Bonchev–Trinajstić information content (AvgIpc) is 2.65. The van der Waals surface area contributed by atoms with Gasteiger partial charge in [-0.1, -0.05) is 24.3 Å². The number of H-pyrrole nitrogens is 2. The van der Waals surface area contributed by atoms with Gasteiger partial charge in [-0.3, -0.25) is 9.78 Å². The Balaban J connectivity index is 2.39. The van der Waals surface area contributed by atoms with Gasteiger partial charge >= 0.3 is 5.69 Å². The van der Waals surface area contributed by atoms with Crippen LogP contribution in [0.1, 0.15) is 17.3 Å². The Kier molecular flexibility index (Phi) is 2.21. The predicted molar refractivity (Wildman–Crippen MR) is 54.6 cm³/mol. The first-order chi connectivity index (χ1) is 7.16. The van der Waals surface area contributed by atoms with Crippen LogP contribution in [0.2, 0.25) is 0 Å². The standard InChI is InChI=1S/C10H9N3O2/c1-6(14)7-2-4-8(5-3-7)9-11-10(15)13-12-9/h2-5H,1H3,(H2,11,12,13,15). The number of benzene rings is 1. The van der Waals surface area contributed by atoms with E-state index < -0.39 is 0 Å². The Labute approximate surface area is 85.2 Å². The third kappa shape index (κ3) is 1.85. The largest absolute Gasteiger partial charge is 0.340 e. The maximum Gasteiger partial charge on any atom is 0.340 e. The summed E-state index contributed by atoms with van der Waals surface area (Å²) in [6.45, 7) is 1.51. The SMILES string of the molecule is CC(=O)c1ccc(-c2n[nH]c(=O)[nH]2)cc1. The fourth-order valence-corrected chi connectivity index (χ4v) is 1.27. The number of aromatic nitrogens is 3. The van der Waals surface area contributed by atoms with Crippen molar-refractivity contribution in [3.63, 3.8) is 0 Å². The van der Waals surface area contributed by atoms with Crippen LogP contribution in [0.25, 0.3) is 11.4 Å². The van der Waals surface area contributed by atoms with E-state index in [1.54, 1.807) is 24.3 Å². The van der Waals surface area contributed by atoms with Crippen LogP contribution >= 0.6 is 0 Å². The van der Waals surface area contributed by atoms with Crippen molar-refractivity contribution in [2.45, 2.75) is 6.92 Å². The zero-order valence-electron chi connectivity index (χ0n) is 8.07. The summed E-state index contributed by atoms with van der Waals surface area (Å²) in [7, 11) is 0. The van der Waals surface area contributed by atoms with Crippen molar-refractivity contribution >= 4 is 5.78 Å². The van der Waals surface area contributed by atoms with Crippen molar-refractivity contribution in [2.75, 3.05) is 0 Å². The topological polar surface area (TPSA) is 78.6 Å². The normalized spacial score (nSPS) is 10.2. The smallest absolute Gasteiger partial charge is 0.295 e. The molecule has 15 heavy (non-hydrogen) atoms. The van der Waals surface area contributed by atoms with E-state index in [1.807, 2.05) is 0 Å². The molecule has 2 aromatic rings. The number of nitrogens with zero attached hydrogens (tertiary/aromatic N) is 1. The van der Waals surface area contributed by atoms with Crippen LogP contribution in [-0.2, 0) is 0 Å². The molecular weight excluding hydrogens is 194 g/mol. The maximum atomic E-state index is 11.0. The molecule has 5 nitrogen and oxygen atoms in total. The minimum atomic E-state index is -0.347. The Bertz CT molecular complexity index is 536. The third-order valence-corrected chi connectivity index (χ3v) is 2.07. The van der Waals surface area contributed by atoms with Gasteiger partial charge in [0.05, 0.1) is 0 Å². The fraction of sp³-hybridized carbons (Fsp3) is 0.100. The lowest BCUT2D eigenvalue weighted by molar-refractivity contribution is 0.101. The van der Waals surface area contributed by atoms with Crippen molar-refractivity contribution < 1.29 is 4.79 Å². The molecule has 76 valence electrons. The van der Waals surface area contributed by atoms with Crippen LogP contribution in [0.15, 0.2) is 29.1 Å². The molecule has 0 saturated carbocycles. The summed E-state index contributed by atoms with van der Waals surface area (Å²) in [5, 5.41) is 6.06. The highest BCUT2D eigenvalue weighted by molar-refractivity contribution is 5.94. The van der Waals surface area contributed by atoms with E-state index in [1.165, 1.54) is 6.92 Å². The van der Waals surface area contributed by atoms with Crippen LogP contribution in [0.4, 0.5) is 0 Å². The van der Waals surface area contributed by atoms with E-state index in [0.717, 1.165) is 5.56 Å². The summed E-state index contributed by atoms with van der Waals surface area (Å²) >= 11 is 0. The highest BCUT2D eigenvalue weighted by atomic mass is 16.1. The minimum Gasteiger partial charge on any atom is -0.295 e.